The fraction of sp³-hybridized carbons (Fsp3) is 0.261. The van der Waals surface area contributed by atoms with Crippen LogP contribution in [0, 0.1) is 0 Å². The van der Waals surface area contributed by atoms with E-state index in [9.17, 15) is 9.59 Å². The molecule has 0 bridgehead atoms. The zero-order valence-electron chi connectivity index (χ0n) is 16.8. The Balaban J connectivity index is 1.41. The lowest BCUT2D eigenvalue weighted by atomic mass is 10.1. The zero-order chi connectivity index (χ0) is 21.3. The van der Waals surface area contributed by atoms with Crippen molar-refractivity contribution in [2.75, 3.05) is 19.0 Å². The van der Waals surface area contributed by atoms with Crippen LogP contribution in [0.2, 0.25) is 0 Å². The first kappa shape index (κ1) is 22.1. The van der Waals surface area contributed by atoms with Gasteiger partial charge in [-0.05, 0) is 36.6 Å². The SMILES string of the molecule is COc1ccccc1NC(=O)CCCCCN1C(=O)C(=Cc2ccccc2)SC1=S. The minimum atomic E-state index is -0.0455. The number of nitrogens with zero attached hydrogens (tertiary/aromatic N) is 1. The van der Waals surface area contributed by atoms with Crippen LogP contribution < -0.4 is 10.1 Å². The summed E-state index contributed by atoms with van der Waals surface area (Å²) in [6.45, 7) is 0.574. The maximum atomic E-state index is 12.6. The first-order chi connectivity index (χ1) is 14.6. The number of benzene rings is 2. The van der Waals surface area contributed by atoms with Crippen molar-refractivity contribution in [2.24, 2.45) is 0 Å². The summed E-state index contributed by atoms with van der Waals surface area (Å²) in [5.41, 5.74) is 1.66. The second-order valence-corrected chi connectivity index (χ2v) is 8.48. The maximum absolute atomic E-state index is 12.6. The van der Waals surface area contributed by atoms with E-state index >= 15 is 0 Å². The summed E-state index contributed by atoms with van der Waals surface area (Å²) < 4.78 is 5.84. The number of thiocarbonyl (C=S) groups is 1. The second-order valence-electron chi connectivity index (χ2n) is 6.80. The van der Waals surface area contributed by atoms with Gasteiger partial charge >= 0.3 is 0 Å². The van der Waals surface area contributed by atoms with E-state index in [2.05, 4.69) is 5.32 Å². The summed E-state index contributed by atoms with van der Waals surface area (Å²) in [5, 5.41) is 2.88. The summed E-state index contributed by atoms with van der Waals surface area (Å²) in [6, 6.07) is 17.1. The van der Waals surface area contributed by atoms with E-state index in [1.54, 1.807) is 12.0 Å². The van der Waals surface area contributed by atoms with E-state index in [1.807, 2.05) is 60.7 Å². The standard InChI is InChI=1S/C23H24N2O3S2/c1-28-19-13-8-7-12-18(19)24-21(26)14-6-3-9-15-25-22(27)20(30-23(25)29)16-17-10-4-2-5-11-17/h2,4-5,7-8,10-13,16H,3,6,9,14-15H2,1H3,(H,24,26). The molecular formula is C23H24N2O3S2. The Bertz CT molecular complexity index is 944. The fourth-order valence-corrected chi connectivity index (χ4v) is 4.39. The summed E-state index contributed by atoms with van der Waals surface area (Å²) in [4.78, 5) is 27.1. The number of hydrogen-bond donors (Lipinski definition) is 1. The molecule has 1 aliphatic heterocycles. The molecule has 1 N–H and O–H groups in total. The van der Waals surface area contributed by atoms with Gasteiger partial charge in [-0.25, -0.2) is 0 Å². The van der Waals surface area contributed by atoms with Gasteiger partial charge in [0.2, 0.25) is 5.91 Å². The Morgan fingerprint density at radius 2 is 1.83 bits per heavy atom. The van der Waals surface area contributed by atoms with Crippen LogP contribution in [0.4, 0.5) is 5.69 Å². The Morgan fingerprint density at radius 3 is 2.60 bits per heavy atom. The Morgan fingerprint density at radius 1 is 1.10 bits per heavy atom. The molecule has 3 rings (SSSR count). The van der Waals surface area contributed by atoms with Gasteiger partial charge in [-0.1, -0.05) is 72.9 Å². The monoisotopic (exact) mass is 440 g/mol. The Labute approximate surface area is 186 Å². The van der Waals surface area contributed by atoms with Crippen LogP contribution in [0.1, 0.15) is 31.2 Å². The molecule has 0 radical (unpaired) electrons. The van der Waals surface area contributed by atoms with Crippen molar-refractivity contribution >= 4 is 51.9 Å². The molecule has 0 unspecified atom stereocenters. The molecule has 30 heavy (non-hydrogen) atoms. The molecule has 2 aromatic carbocycles. The van der Waals surface area contributed by atoms with Crippen molar-refractivity contribution in [2.45, 2.75) is 25.7 Å². The number of thioether (sulfide) groups is 1. The minimum Gasteiger partial charge on any atom is -0.495 e. The fourth-order valence-electron chi connectivity index (χ4n) is 3.09. The number of methoxy groups -OCH3 is 1. The number of carbonyl (C=O) groups is 2. The van der Waals surface area contributed by atoms with Crippen molar-refractivity contribution in [3.8, 4) is 5.75 Å². The number of hydrogen-bond acceptors (Lipinski definition) is 5. The minimum absolute atomic E-state index is 0.0391. The highest BCUT2D eigenvalue weighted by atomic mass is 32.2. The molecule has 0 aliphatic carbocycles. The average Bonchev–Trinajstić information content (AvgIpc) is 3.01. The lowest BCUT2D eigenvalue weighted by Crippen LogP contribution is -2.29. The molecule has 5 nitrogen and oxygen atoms in total. The van der Waals surface area contributed by atoms with Crippen LogP contribution in [-0.4, -0.2) is 34.7 Å². The largest absolute Gasteiger partial charge is 0.495 e. The van der Waals surface area contributed by atoms with Crippen molar-refractivity contribution in [3.05, 3.63) is 65.1 Å². The summed E-state index contributed by atoms with van der Waals surface area (Å²) in [7, 11) is 1.58. The lowest BCUT2D eigenvalue weighted by molar-refractivity contribution is -0.122. The average molecular weight is 441 g/mol. The molecular weight excluding hydrogens is 416 g/mol. The van der Waals surface area contributed by atoms with Crippen LogP contribution in [0.3, 0.4) is 0 Å². The molecule has 1 heterocycles. The normalized spacial score (nSPS) is 15.0. The Hall–Kier alpha value is -2.64. The van der Waals surface area contributed by atoms with Gasteiger partial charge in [0.15, 0.2) is 0 Å². The van der Waals surface area contributed by atoms with Crippen LogP contribution in [0.5, 0.6) is 5.75 Å². The van der Waals surface area contributed by atoms with Crippen molar-refractivity contribution < 1.29 is 14.3 Å². The van der Waals surface area contributed by atoms with Crippen molar-refractivity contribution in [3.63, 3.8) is 0 Å². The number of unbranched alkanes of at least 4 members (excludes halogenated alkanes) is 2. The molecule has 1 aliphatic rings. The third-order valence-corrected chi connectivity index (χ3v) is 6.02. The number of carbonyl (C=O) groups excluding carboxylic acids is 2. The van der Waals surface area contributed by atoms with Gasteiger partial charge in [-0.3, -0.25) is 14.5 Å². The number of nitrogens with one attached hydrogen (secondary N) is 1. The number of ether oxygens (including phenoxy) is 1. The van der Waals surface area contributed by atoms with Crippen LogP contribution >= 0.6 is 24.0 Å². The van der Waals surface area contributed by atoms with Gasteiger partial charge in [0.05, 0.1) is 17.7 Å². The first-order valence-corrected chi connectivity index (χ1v) is 11.0. The number of amides is 2. The van der Waals surface area contributed by atoms with Crippen LogP contribution in [-0.2, 0) is 9.59 Å². The molecule has 0 aromatic heterocycles. The molecule has 2 amide bonds. The summed E-state index contributed by atoms with van der Waals surface area (Å²) >= 11 is 6.72. The molecule has 1 fully saturated rings. The van der Waals surface area contributed by atoms with Crippen LogP contribution in [0.25, 0.3) is 6.08 Å². The van der Waals surface area contributed by atoms with Gasteiger partial charge in [-0.15, -0.1) is 0 Å². The van der Waals surface area contributed by atoms with Gasteiger partial charge in [0.25, 0.3) is 5.91 Å². The highest BCUT2D eigenvalue weighted by molar-refractivity contribution is 8.26. The molecule has 0 atom stereocenters. The summed E-state index contributed by atoms with van der Waals surface area (Å²) in [6.07, 6.45) is 4.68. The summed E-state index contributed by atoms with van der Waals surface area (Å²) in [5.74, 6) is 0.558. The van der Waals surface area contributed by atoms with Gasteiger partial charge in [0.1, 0.15) is 10.1 Å². The molecule has 156 valence electrons. The van der Waals surface area contributed by atoms with E-state index in [1.165, 1.54) is 11.8 Å². The van der Waals surface area contributed by atoms with Gasteiger partial charge in [-0.2, -0.15) is 0 Å². The second kappa shape index (κ2) is 10.9. The van der Waals surface area contributed by atoms with E-state index in [4.69, 9.17) is 17.0 Å². The van der Waals surface area contributed by atoms with E-state index in [0.717, 1.165) is 24.8 Å². The highest BCUT2D eigenvalue weighted by Crippen LogP contribution is 2.32. The predicted molar refractivity (Wildman–Crippen MR) is 126 cm³/mol. The number of anilines is 1. The van der Waals surface area contributed by atoms with E-state index in [-0.39, 0.29) is 11.8 Å². The maximum Gasteiger partial charge on any atom is 0.266 e. The van der Waals surface area contributed by atoms with E-state index in [0.29, 0.717) is 33.6 Å². The predicted octanol–water partition coefficient (Wildman–Crippen LogP) is 5.10. The van der Waals surface area contributed by atoms with Crippen molar-refractivity contribution in [1.82, 2.24) is 4.90 Å². The number of rotatable bonds is 9. The van der Waals surface area contributed by atoms with Crippen LogP contribution in [0.15, 0.2) is 59.5 Å². The molecule has 0 spiro atoms. The topological polar surface area (TPSA) is 58.6 Å². The van der Waals surface area contributed by atoms with Gasteiger partial charge < -0.3 is 10.1 Å². The Kier molecular flexibility index (Phi) is 8.04. The molecule has 1 saturated heterocycles. The molecule has 0 saturated carbocycles. The highest BCUT2D eigenvalue weighted by Gasteiger charge is 2.31. The lowest BCUT2D eigenvalue weighted by Gasteiger charge is -2.14. The van der Waals surface area contributed by atoms with Crippen molar-refractivity contribution in [1.29, 1.82) is 0 Å². The smallest absolute Gasteiger partial charge is 0.266 e. The zero-order valence-corrected chi connectivity index (χ0v) is 18.4. The third kappa shape index (κ3) is 5.93. The third-order valence-electron chi connectivity index (χ3n) is 4.64. The van der Waals surface area contributed by atoms with E-state index < -0.39 is 0 Å². The number of para-hydroxylation sites is 2. The molecule has 2 aromatic rings. The first-order valence-electron chi connectivity index (χ1n) is 9.82. The molecule has 7 heteroatoms. The quantitative estimate of drug-likeness (QED) is 0.334. The van der Waals surface area contributed by atoms with Gasteiger partial charge in [0, 0.05) is 13.0 Å².